The van der Waals surface area contributed by atoms with Gasteiger partial charge in [0.1, 0.15) is 0 Å². The number of rotatable bonds is 4. The lowest BCUT2D eigenvalue weighted by atomic mass is 10.1. The fourth-order valence-corrected chi connectivity index (χ4v) is 1.87. The molecule has 9 heteroatoms. The van der Waals surface area contributed by atoms with E-state index in [-0.39, 0.29) is 12.0 Å². The minimum absolute atomic E-state index is 0.224. The highest BCUT2D eigenvalue weighted by Crippen LogP contribution is 2.23. The van der Waals surface area contributed by atoms with Crippen molar-refractivity contribution < 1.29 is 22.1 Å². The van der Waals surface area contributed by atoms with E-state index in [1.54, 1.807) is 0 Å². The van der Waals surface area contributed by atoms with E-state index in [9.17, 15) is 27.3 Å². The Labute approximate surface area is 99.6 Å². The summed E-state index contributed by atoms with van der Waals surface area (Å²) in [4.78, 5) is 9.63. The standard InChI is InChI=1S/C8H6ClF2NO4S/c9-17(15,16)2-1-5-3-6(10)7(11)4-8(5)12(13)14/h3-4H,1-2H2. The molecule has 0 saturated carbocycles. The van der Waals surface area contributed by atoms with Crippen LogP contribution in [0, 0.1) is 21.7 Å². The van der Waals surface area contributed by atoms with Crippen molar-refractivity contribution >= 4 is 25.4 Å². The zero-order valence-electron chi connectivity index (χ0n) is 8.19. The topological polar surface area (TPSA) is 77.3 Å². The van der Waals surface area contributed by atoms with Crippen LogP contribution in [0.1, 0.15) is 5.56 Å². The molecule has 17 heavy (non-hydrogen) atoms. The molecule has 0 fully saturated rings. The molecule has 0 saturated heterocycles. The van der Waals surface area contributed by atoms with E-state index >= 15 is 0 Å². The molecule has 0 aliphatic heterocycles. The van der Waals surface area contributed by atoms with Crippen molar-refractivity contribution in [1.29, 1.82) is 0 Å². The minimum Gasteiger partial charge on any atom is -0.258 e. The summed E-state index contributed by atoms with van der Waals surface area (Å²) in [6.45, 7) is 0. The van der Waals surface area contributed by atoms with Crippen molar-refractivity contribution in [3.05, 3.63) is 39.4 Å². The molecule has 0 radical (unpaired) electrons. The number of halogens is 3. The average Bonchev–Trinajstić information content (AvgIpc) is 2.17. The fourth-order valence-electron chi connectivity index (χ4n) is 1.18. The minimum atomic E-state index is -3.85. The average molecular weight is 286 g/mol. The van der Waals surface area contributed by atoms with Crippen LogP contribution in [0.2, 0.25) is 0 Å². The first-order valence-electron chi connectivity index (χ1n) is 4.25. The van der Waals surface area contributed by atoms with Crippen LogP contribution in [-0.4, -0.2) is 19.1 Å². The highest BCUT2D eigenvalue weighted by Gasteiger charge is 2.19. The van der Waals surface area contributed by atoms with E-state index in [4.69, 9.17) is 10.7 Å². The molecule has 0 heterocycles. The Morgan fingerprint density at radius 2 is 1.82 bits per heavy atom. The number of benzene rings is 1. The quantitative estimate of drug-likeness (QED) is 0.481. The number of hydrogen-bond donors (Lipinski definition) is 0. The molecule has 0 bridgehead atoms. The third-order valence-electron chi connectivity index (χ3n) is 1.93. The number of nitro benzene ring substituents is 1. The van der Waals surface area contributed by atoms with Crippen LogP contribution < -0.4 is 0 Å². The molecule has 0 N–H and O–H groups in total. The largest absolute Gasteiger partial charge is 0.275 e. The third kappa shape index (κ3) is 3.90. The summed E-state index contributed by atoms with van der Waals surface area (Å²) in [6.07, 6.45) is -0.362. The predicted molar refractivity (Wildman–Crippen MR) is 56.4 cm³/mol. The molecule has 1 aromatic rings. The van der Waals surface area contributed by atoms with Gasteiger partial charge in [-0.25, -0.2) is 17.2 Å². The van der Waals surface area contributed by atoms with Crippen molar-refractivity contribution in [1.82, 2.24) is 0 Å². The number of nitrogens with zero attached hydrogens (tertiary/aromatic N) is 1. The van der Waals surface area contributed by atoms with Crippen LogP contribution >= 0.6 is 10.7 Å². The van der Waals surface area contributed by atoms with Crippen LogP contribution in [-0.2, 0) is 15.5 Å². The van der Waals surface area contributed by atoms with Crippen molar-refractivity contribution in [2.24, 2.45) is 0 Å². The summed E-state index contributed by atoms with van der Waals surface area (Å²) < 4.78 is 47.0. The van der Waals surface area contributed by atoms with Gasteiger partial charge in [-0.15, -0.1) is 0 Å². The molecule has 0 aliphatic carbocycles. The van der Waals surface area contributed by atoms with E-state index in [0.29, 0.717) is 12.1 Å². The second kappa shape index (κ2) is 4.92. The molecule has 0 unspecified atom stereocenters. The molecule has 1 aromatic carbocycles. The second-order valence-electron chi connectivity index (χ2n) is 3.15. The van der Waals surface area contributed by atoms with Crippen LogP contribution in [0.25, 0.3) is 0 Å². The molecule has 0 atom stereocenters. The van der Waals surface area contributed by atoms with Gasteiger partial charge >= 0.3 is 0 Å². The summed E-state index contributed by atoms with van der Waals surface area (Å²) in [5.74, 6) is -3.24. The predicted octanol–water partition coefficient (Wildman–Crippen LogP) is 1.98. The van der Waals surface area contributed by atoms with Crippen LogP contribution in [0.4, 0.5) is 14.5 Å². The summed E-state index contributed by atoms with van der Waals surface area (Å²) in [5, 5.41) is 10.5. The van der Waals surface area contributed by atoms with Crippen molar-refractivity contribution in [2.45, 2.75) is 6.42 Å². The van der Waals surface area contributed by atoms with Crippen LogP contribution in [0.5, 0.6) is 0 Å². The van der Waals surface area contributed by atoms with E-state index in [1.165, 1.54) is 0 Å². The highest BCUT2D eigenvalue weighted by atomic mass is 35.7. The fraction of sp³-hybridized carbons (Fsp3) is 0.250. The summed E-state index contributed by atoms with van der Waals surface area (Å²) >= 11 is 0. The number of aryl methyl sites for hydroxylation is 1. The molecular formula is C8H6ClF2NO4S. The Hall–Kier alpha value is -1.28. The van der Waals surface area contributed by atoms with Crippen LogP contribution in [0.3, 0.4) is 0 Å². The maximum Gasteiger partial charge on any atom is 0.275 e. The van der Waals surface area contributed by atoms with Gasteiger partial charge in [-0.1, -0.05) is 0 Å². The van der Waals surface area contributed by atoms with Crippen molar-refractivity contribution in [3.8, 4) is 0 Å². The van der Waals surface area contributed by atoms with E-state index in [2.05, 4.69) is 0 Å². The maximum atomic E-state index is 12.9. The Kier molecular flexibility index (Phi) is 3.99. The Balaban J connectivity index is 3.13. The van der Waals surface area contributed by atoms with Crippen molar-refractivity contribution in [3.63, 3.8) is 0 Å². The van der Waals surface area contributed by atoms with Gasteiger partial charge in [0.15, 0.2) is 11.6 Å². The number of nitro groups is 1. The number of hydrogen-bond acceptors (Lipinski definition) is 4. The lowest BCUT2D eigenvalue weighted by Crippen LogP contribution is -2.05. The van der Waals surface area contributed by atoms with Crippen LogP contribution in [0.15, 0.2) is 12.1 Å². The van der Waals surface area contributed by atoms with Gasteiger partial charge in [0.05, 0.1) is 16.7 Å². The van der Waals surface area contributed by atoms with Crippen molar-refractivity contribution in [2.75, 3.05) is 5.75 Å². The first-order valence-corrected chi connectivity index (χ1v) is 6.73. The van der Waals surface area contributed by atoms with Gasteiger partial charge in [0.25, 0.3) is 5.69 Å². The Bertz CT molecular complexity index is 561. The van der Waals surface area contributed by atoms with Gasteiger partial charge in [0.2, 0.25) is 9.05 Å². The zero-order chi connectivity index (χ0) is 13.2. The molecule has 0 aromatic heterocycles. The van der Waals surface area contributed by atoms with Gasteiger partial charge < -0.3 is 0 Å². The lowest BCUT2D eigenvalue weighted by Gasteiger charge is -2.02. The molecule has 0 aliphatic rings. The second-order valence-corrected chi connectivity index (χ2v) is 6.04. The zero-order valence-corrected chi connectivity index (χ0v) is 9.76. The first-order chi connectivity index (χ1) is 7.70. The van der Waals surface area contributed by atoms with Gasteiger partial charge in [-0.2, -0.15) is 0 Å². The SMILES string of the molecule is O=[N+]([O-])c1cc(F)c(F)cc1CCS(=O)(=O)Cl. The van der Waals surface area contributed by atoms with E-state index in [0.717, 1.165) is 0 Å². The third-order valence-corrected chi connectivity index (χ3v) is 3.09. The summed E-state index contributed by atoms with van der Waals surface area (Å²) in [5.41, 5.74) is -0.901. The molecule has 94 valence electrons. The molecule has 5 nitrogen and oxygen atoms in total. The van der Waals surface area contributed by atoms with Gasteiger partial charge in [-0.05, 0) is 12.5 Å². The summed E-state index contributed by atoms with van der Waals surface area (Å²) in [6, 6.07) is 1.00. The molecule has 0 spiro atoms. The first kappa shape index (κ1) is 13.8. The maximum absolute atomic E-state index is 12.9. The Morgan fingerprint density at radius 3 is 2.29 bits per heavy atom. The lowest BCUT2D eigenvalue weighted by molar-refractivity contribution is -0.385. The van der Waals surface area contributed by atoms with E-state index < -0.39 is 37.0 Å². The monoisotopic (exact) mass is 285 g/mol. The Morgan fingerprint density at radius 1 is 1.29 bits per heavy atom. The molecular weight excluding hydrogens is 280 g/mol. The van der Waals surface area contributed by atoms with Gasteiger partial charge in [-0.3, -0.25) is 10.1 Å². The molecule has 1 rings (SSSR count). The smallest absolute Gasteiger partial charge is 0.258 e. The van der Waals surface area contributed by atoms with E-state index in [1.807, 2.05) is 0 Å². The normalized spacial score (nSPS) is 11.5. The van der Waals surface area contributed by atoms with Gasteiger partial charge in [0, 0.05) is 16.2 Å². The summed E-state index contributed by atoms with van der Waals surface area (Å²) in [7, 11) is 1.07. The highest BCUT2D eigenvalue weighted by molar-refractivity contribution is 8.13. The molecule has 0 amide bonds.